The molecule has 1 rings (SSSR count). The summed E-state index contributed by atoms with van der Waals surface area (Å²) in [7, 11) is 1.99. The summed E-state index contributed by atoms with van der Waals surface area (Å²) in [6.07, 6.45) is 1.72. The van der Waals surface area contributed by atoms with Crippen LogP contribution < -0.4 is 5.32 Å². The third kappa shape index (κ3) is 4.07. The Labute approximate surface area is 101 Å². The molecule has 0 radical (unpaired) electrons. The molecular weight excluding hydrogens is 222 g/mol. The molecule has 0 spiro atoms. The second-order valence-corrected chi connectivity index (χ2v) is 4.16. The summed E-state index contributed by atoms with van der Waals surface area (Å²) in [5.74, 6) is -1.03. The smallest absolute Gasteiger partial charge is 0.326 e. The van der Waals surface area contributed by atoms with E-state index in [2.05, 4.69) is 16.8 Å². The maximum Gasteiger partial charge on any atom is 0.326 e. The van der Waals surface area contributed by atoms with Crippen molar-refractivity contribution in [2.24, 2.45) is 0 Å². The first-order valence-corrected chi connectivity index (χ1v) is 5.62. The Balaban J connectivity index is 2.46. The van der Waals surface area contributed by atoms with Gasteiger partial charge in [-0.2, -0.15) is 0 Å². The lowest BCUT2D eigenvalue weighted by Gasteiger charge is -2.33. The SMILES string of the molecule is C=CCC(NC(=O)N1CCN(C)CC1)C(=O)O. The van der Waals surface area contributed by atoms with Gasteiger partial charge in [-0.25, -0.2) is 9.59 Å². The minimum absolute atomic E-state index is 0.231. The van der Waals surface area contributed by atoms with E-state index < -0.39 is 12.0 Å². The van der Waals surface area contributed by atoms with Crippen LogP contribution in [0.4, 0.5) is 4.79 Å². The fraction of sp³-hybridized carbons (Fsp3) is 0.636. The van der Waals surface area contributed by atoms with E-state index in [1.54, 1.807) is 4.90 Å². The van der Waals surface area contributed by atoms with Crippen LogP contribution >= 0.6 is 0 Å². The van der Waals surface area contributed by atoms with Gasteiger partial charge in [0, 0.05) is 26.2 Å². The average Bonchev–Trinajstić information content (AvgIpc) is 2.29. The largest absolute Gasteiger partial charge is 0.480 e. The lowest BCUT2D eigenvalue weighted by atomic mass is 10.2. The normalized spacial score (nSPS) is 18.5. The van der Waals surface area contributed by atoms with Crippen LogP contribution in [0.2, 0.25) is 0 Å². The number of hydrogen-bond acceptors (Lipinski definition) is 3. The molecule has 17 heavy (non-hydrogen) atoms. The number of carboxylic acid groups (broad SMARTS) is 1. The first-order valence-electron chi connectivity index (χ1n) is 5.62. The molecule has 1 aliphatic heterocycles. The van der Waals surface area contributed by atoms with E-state index in [1.807, 2.05) is 7.05 Å². The number of carboxylic acids is 1. The highest BCUT2D eigenvalue weighted by Crippen LogP contribution is 2.01. The molecular formula is C11H19N3O3. The van der Waals surface area contributed by atoms with Crippen molar-refractivity contribution in [1.29, 1.82) is 0 Å². The number of hydrogen-bond donors (Lipinski definition) is 2. The predicted octanol–water partition coefficient (Wildman–Crippen LogP) is -0.0273. The first kappa shape index (κ1) is 13.5. The van der Waals surface area contributed by atoms with E-state index in [0.29, 0.717) is 13.1 Å². The highest BCUT2D eigenvalue weighted by Gasteiger charge is 2.24. The minimum atomic E-state index is -1.03. The molecule has 0 saturated carbocycles. The van der Waals surface area contributed by atoms with Gasteiger partial charge in [-0.05, 0) is 13.5 Å². The molecule has 0 aromatic heterocycles. The Morgan fingerprint density at radius 2 is 2.00 bits per heavy atom. The molecule has 1 saturated heterocycles. The molecule has 0 aromatic carbocycles. The van der Waals surface area contributed by atoms with E-state index in [0.717, 1.165) is 13.1 Å². The molecule has 2 amide bonds. The van der Waals surface area contributed by atoms with Gasteiger partial charge in [-0.1, -0.05) is 6.08 Å². The second-order valence-electron chi connectivity index (χ2n) is 4.16. The van der Waals surface area contributed by atoms with Gasteiger partial charge < -0.3 is 20.2 Å². The van der Waals surface area contributed by atoms with E-state index in [-0.39, 0.29) is 12.5 Å². The summed E-state index contributed by atoms with van der Waals surface area (Å²) < 4.78 is 0. The Morgan fingerprint density at radius 3 is 2.47 bits per heavy atom. The molecule has 0 aromatic rings. The van der Waals surface area contributed by atoms with Crippen LogP contribution in [0, 0.1) is 0 Å². The lowest BCUT2D eigenvalue weighted by molar-refractivity contribution is -0.139. The Morgan fingerprint density at radius 1 is 1.41 bits per heavy atom. The Kier molecular flexibility index (Phi) is 4.96. The molecule has 1 fully saturated rings. The number of urea groups is 1. The number of piperazine rings is 1. The molecule has 0 aliphatic carbocycles. The van der Waals surface area contributed by atoms with Crippen molar-refractivity contribution in [3.05, 3.63) is 12.7 Å². The number of rotatable bonds is 4. The van der Waals surface area contributed by atoms with Gasteiger partial charge in [-0.15, -0.1) is 6.58 Å². The highest BCUT2D eigenvalue weighted by molar-refractivity contribution is 5.82. The number of carbonyl (C=O) groups is 2. The minimum Gasteiger partial charge on any atom is -0.480 e. The second kappa shape index (κ2) is 6.24. The fourth-order valence-electron chi connectivity index (χ4n) is 1.64. The molecule has 6 heteroatoms. The first-order chi connectivity index (χ1) is 8.04. The summed E-state index contributed by atoms with van der Waals surface area (Å²) in [6.45, 7) is 6.36. The van der Waals surface area contributed by atoms with Gasteiger partial charge in [0.25, 0.3) is 0 Å². The van der Waals surface area contributed by atoms with Crippen molar-refractivity contribution < 1.29 is 14.7 Å². The van der Waals surface area contributed by atoms with E-state index in [9.17, 15) is 9.59 Å². The zero-order chi connectivity index (χ0) is 12.8. The quantitative estimate of drug-likeness (QED) is 0.678. The number of carbonyl (C=O) groups excluding carboxylic acids is 1. The van der Waals surface area contributed by atoms with Crippen molar-refractivity contribution in [3.63, 3.8) is 0 Å². The molecule has 1 heterocycles. The summed E-state index contributed by atoms with van der Waals surface area (Å²) in [4.78, 5) is 26.4. The van der Waals surface area contributed by atoms with Crippen molar-refractivity contribution in [3.8, 4) is 0 Å². The number of nitrogens with one attached hydrogen (secondary N) is 1. The fourth-order valence-corrected chi connectivity index (χ4v) is 1.64. The Bertz CT molecular complexity index is 298. The summed E-state index contributed by atoms with van der Waals surface area (Å²) >= 11 is 0. The Hall–Kier alpha value is -1.56. The van der Waals surface area contributed by atoms with Crippen molar-refractivity contribution in [1.82, 2.24) is 15.1 Å². The number of likely N-dealkylation sites (N-methyl/N-ethyl adjacent to an activating group) is 1. The van der Waals surface area contributed by atoms with Gasteiger partial charge in [0.2, 0.25) is 0 Å². The van der Waals surface area contributed by atoms with Gasteiger partial charge in [0.05, 0.1) is 0 Å². The number of nitrogens with zero attached hydrogens (tertiary/aromatic N) is 2. The molecule has 6 nitrogen and oxygen atoms in total. The standard InChI is InChI=1S/C11H19N3O3/c1-3-4-9(10(15)16)12-11(17)14-7-5-13(2)6-8-14/h3,9H,1,4-8H2,2H3,(H,12,17)(H,15,16). The molecule has 1 atom stereocenters. The predicted molar refractivity (Wildman–Crippen MR) is 63.8 cm³/mol. The van der Waals surface area contributed by atoms with Gasteiger partial charge in [0.1, 0.15) is 6.04 Å². The molecule has 1 unspecified atom stereocenters. The third-order valence-electron chi connectivity index (χ3n) is 2.79. The number of amides is 2. The summed E-state index contributed by atoms with van der Waals surface area (Å²) in [6, 6.07) is -1.20. The van der Waals surface area contributed by atoms with Crippen LogP contribution in [-0.2, 0) is 4.79 Å². The van der Waals surface area contributed by atoms with E-state index >= 15 is 0 Å². The molecule has 1 aliphatic rings. The van der Waals surface area contributed by atoms with Crippen molar-refractivity contribution >= 4 is 12.0 Å². The van der Waals surface area contributed by atoms with E-state index in [4.69, 9.17) is 5.11 Å². The third-order valence-corrected chi connectivity index (χ3v) is 2.79. The molecule has 2 N–H and O–H groups in total. The van der Waals surface area contributed by atoms with E-state index in [1.165, 1.54) is 6.08 Å². The van der Waals surface area contributed by atoms with Crippen LogP contribution in [-0.4, -0.2) is 66.2 Å². The van der Waals surface area contributed by atoms with Crippen molar-refractivity contribution in [2.75, 3.05) is 33.2 Å². The summed E-state index contributed by atoms with van der Waals surface area (Å²) in [5, 5.41) is 11.4. The van der Waals surface area contributed by atoms with Crippen LogP contribution in [0.5, 0.6) is 0 Å². The van der Waals surface area contributed by atoms with Crippen molar-refractivity contribution in [2.45, 2.75) is 12.5 Å². The van der Waals surface area contributed by atoms with Gasteiger partial charge >= 0.3 is 12.0 Å². The monoisotopic (exact) mass is 241 g/mol. The topological polar surface area (TPSA) is 72.9 Å². The maximum absolute atomic E-state index is 11.8. The summed E-state index contributed by atoms with van der Waals surface area (Å²) in [5.41, 5.74) is 0. The highest BCUT2D eigenvalue weighted by atomic mass is 16.4. The van der Waals surface area contributed by atoms with Gasteiger partial charge in [0.15, 0.2) is 0 Å². The zero-order valence-electron chi connectivity index (χ0n) is 10.1. The lowest BCUT2D eigenvalue weighted by Crippen LogP contribution is -2.53. The van der Waals surface area contributed by atoms with Crippen LogP contribution in [0.3, 0.4) is 0 Å². The molecule has 96 valence electrons. The van der Waals surface area contributed by atoms with Crippen LogP contribution in [0.1, 0.15) is 6.42 Å². The maximum atomic E-state index is 11.8. The average molecular weight is 241 g/mol. The molecule has 0 bridgehead atoms. The van der Waals surface area contributed by atoms with Gasteiger partial charge in [-0.3, -0.25) is 0 Å². The number of aliphatic carboxylic acids is 1. The zero-order valence-corrected chi connectivity index (χ0v) is 10.1. The van der Waals surface area contributed by atoms with Crippen LogP contribution in [0.15, 0.2) is 12.7 Å². The van der Waals surface area contributed by atoms with Crippen LogP contribution in [0.25, 0.3) is 0 Å².